The molecule has 10 nitrogen and oxygen atoms in total. The molecular formula is C58H64O10Si. The zero-order chi connectivity index (χ0) is 47.3. The first kappa shape index (κ1) is 48.9. The first-order chi connectivity index (χ1) is 33.9. The van der Waals surface area contributed by atoms with Crippen LogP contribution in [0.5, 0.6) is 0 Å². The van der Waals surface area contributed by atoms with Crippen LogP contribution in [0.3, 0.4) is 0 Å². The minimum absolute atomic E-state index is 0.266. The van der Waals surface area contributed by atoms with Crippen molar-refractivity contribution in [3.8, 4) is 0 Å². The maximum absolute atomic E-state index is 7.31. The normalized spacial score (nSPS) is 27.0. The molecule has 3 saturated heterocycles. The van der Waals surface area contributed by atoms with Crippen LogP contribution in [-0.4, -0.2) is 83.3 Å². The van der Waals surface area contributed by atoms with Gasteiger partial charge in [0.2, 0.25) is 8.32 Å². The third-order valence-electron chi connectivity index (χ3n) is 13.0. The molecule has 69 heavy (non-hydrogen) atoms. The standard InChI is InChI=1S/C58H64O10Si/c1-59-58-57(65-40-47-32-20-9-21-33-47)55(64-39-46-30-18-8-19-31-46)51(61-36-43-24-12-5-13-25-43)48(67-58)34-50-53-56(68-69(50,2)3)54(63-38-45-28-16-7-17-29-45)52(62-37-44-26-14-6-15-27-44)49(66-53)41-60-35-42-22-10-4-11-23-42/h4-34,48-49,51-58H,35-41H2,1-3H3/b50-34-/t48-,49-,51-,52-,53-,54+,55+,56+,57-,58+/m1/s1. The molecule has 3 heterocycles. The van der Waals surface area contributed by atoms with Crippen LogP contribution < -0.4 is 0 Å². The minimum atomic E-state index is -2.77. The minimum Gasteiger partial charge on any atom is -0.404 e. The lowest BCUT2D eigenvalue weighted by Crippen LogP contribution is -2.61. The smallest absolute Gasteiger partial charge is 0.217 e. The molecule has 3 aliphatic rings. The maximum atomic E-state index is 7.31. The van der Waals surface area contributed by atoms with E-state index in [0.29, 0.717) is 39.6 Å². The molecular weight excluding hydrogens is 885 g/mol. The SMILES string of the molecule is CO[C@H]1O[C@H](/C=C2/[C@H]3O[C@H](COCc4ccccc4)[C@@H](OCc4ccccc4)[C@H](OCc4ccccc4)[C@H]3O[Si]2(C)C)[C@@H](OCc2ccccc2)[C@H](OCc2ccccc2)[C@H]1OCc1ccccc1. The van der Waals surface area contributed by atoms with Gasteiger partial charge in [0.05, 0.1) is 46.2 Å². The van der Waals surface area contributed by atoms with Gasteiger partial charge in [0.25, 0.3) is 0 Å². The molecule has 11 heteroatoms. The summed E-state index contributed by atoms with van der Waals surface area (Å²) in [6.45, 7) is 6.81. The summed E-state index contributed by atoms with van der Waals surface area (Å²) >= 11 is 0. The molecule has 3 aliphatic heterocycles. The lowest BCUT2D eigenvalue weighted by Gasteiger charge is -2.46. The average Bonchev–Trinajstić information content (AvgIpc) is 3.65. The molecule has 0 bridgehead atoms. The number of hydrogen-bond donors (Lipinski definition) is 0. The molecule has 0 N–H and O–H groups in total. The summed E-state index contributed by atoms with van der Waals surface area (Å²) in [6, 6.07) is 61.0. The Morgan fingerprint density at radius 3 is 1.25 bits per heavy atom. The molecule has 3 fully saturated rings. The highest BCUT2D eigenvalue weighted by Gasteiger charge is 2.59. The Balaban J connectivity index is 1.08. The van der Waals surface area contributed by atoms with E-state index in [-0.39, 0.29) is 6.61 Å². The Kier molecular flexibility index (Phi) is 17.1. The van der Waals surface area contributed by atoms with Gasteiger partial charge in [-0.2, -0.15) is 0 Å². The van der Waals surface area contributed by atoms with E-state index in [1.807, 2.05) is 121 Å². The monoisotopic (exact) mass is 948 g/mol. The lowest BCUT2D eigenvalue weighted by atomic mass is 9.92. The lowest BCUT2D eigenvalue weighted by molar-refractivity contribution is -0.309. The fourth-order valence-corrected chi connectivity index (χ4v) is 12.0. The molecule has 0 radical (unpaired) electrons. The van der Waals surface area contributed by atoms with Crippen molar-refractivity contribution in [1.82, 2.24) is 0 Å². The Labute approximate surface area is 408 Å². The fraction of sp³-hybridized carbons (Fsp3) is 0.345. The van der Waals surface area contributed by atoms with Gasteiger partial charge in [-0.15, -0.1) is 0 Å². The van der Waals surface area contributed by atoms with Crippen molar-refractivity contribution in [1.29, 1.82) is 0 Å². The summed E-state index contributed by atoms with van der Waals surface area (Å²) in [5.41, 5.74) is 6.24. The van der Waals surface area contributed by atoms with Crippen molar-refractivity contribution >= 4 is 8.32 Å². The molecule has 360 valence electrons. The molecule has 9 rings (SSSR count). The van der Waals surface area contributed by atoms with Gasteiger partial charge in [-0.3, -0.25) is 0 Å². The van der Waals surface area contributed by atoms with Crippen molar-refractivity contribution < 1.29 is 47.1 Å². The molecule has 6 aromatic carbocycles. The number of methoxy groups -OCH3 is 1. The maximum Gasteiger partial charge on any atom is 0.217 e. The van der Waals surface area contributed by atoms with Gasteiger partial charge >= 0.3 is 0 Å². The van der Waals surface area contributed by atoms with E-state index < -0.39 is 69.5 Å². The predicted octanol–water partition coefficient (Wildman–Crippen LogP) is 10.3. The Morgan fingerprint density at radius 1 is 0.435 bits per heavy atom. The number of fused-ring (bicyclic) bond motifs is 1. The van der Waals surface area contributed by atoms with E-state index in [9.17, 15) is 0 Å². The zero-order valence-corrected chi connectivity index (χ0v) is 40.7. The van der Waals surface area contributed by atoms with Crippen LogP contribution in [0.15, 0.2) is 193 Å². The van der Waals surface area contributed by atoms with Crippen molar-refractivity contribution in [2.75, 3.05) is 13.7 Å². The second-order valence-corrected chi connectivity index (χ2v) is 22.2. The number of hydrogen-bond acceptors (Lipinski definition) is 10. The van der Waals surface area contributed by atoms with Crippen molar-refractivity contribution in [3.63, 3.8) is 0 Å². The Morgan fingerprint density at radius 2 is 0.812 bits per heavy atom. The van der Waals surface area contributed by atoms with E-state index in [4.69, 9.17) is 47.1 Å². The van der Waals surface area contributed by atoms with E-state index >= 15 is 0 Å². The average molecular weight is 949 g/mol. The van der Waals surface area contributed by atoms with E-state index in [0.717, 1.165) is 38.6 Å². The summed E-state index contributed by atoms with van der Waals surface area (Å²) in [7, 11) is -1.12. The molecule has 6 aromatic rings. The summed E-state index contributed by atoms with van der Waals surface area (Å²) in [5.74, 6) is 0. The van der Waals surface area contributed by atoms with E-state index in [1.54, 1.807) is 7.11 Å². The molecule has 0 aromatic heterocycles. The van der Waals surface area contributed by atoms with Gasteiger partial charge in [-0.25, -0.2) is 0 Å². The van der Waals surface area contributed by atoms with E-state index in [2.05, 4.69) is 79.8 Å². The topological polar surface area (TPSA) is 92.3 Å². The quantitative estimate of drug-likeness (QED) is 0.0650. The molecule has 0 aliphatic carbocycles. The number of benzene rings is 6. The fourth-order valence-electron chi connectivity index (χ4n) is 9.46. The van der Waals surface area contributed by atoms with Crippen LogP contribution in [-0.2, 0) is 86.7 Å². The van der Waals surface area contributed by atoms with Crippen molar-refractivity contribution in [2.45, 2.75) is 114 Å². The molecule has 10 atom stereocenters. The van der Waals surface area contributed by atoms with Gasteiger partial charge in [0.15, 0.2) is 6.29 Å². The predicted molar refractivity (Wildman–Crippen MR) is 266 cm³/mol. The second-order valence-electron chi connectivity index (χ2n) is 18.3. The van der Waals surface area contributed by atoms with Crippen LogP contribution in [0, 0.1) is 0 Å². The first-order valence-corrected chi connectivity index (χ1v) is 27.0. The number of rotatable bonds is 21. The molecule has 0 unspecified atom stereocenters. The first-order valence-electron chi connectivity index (χ1n) is 24.0. The van der Waals surface area contributed by atoms with Crippen molar-refractivity contribution in [3.05, 3.63) is 227 Å². The van der Waals surface area contributed by atoms with Gasteiger partial charge in [-0.05, 0) is 51.7 Å². The highest BCUT2D eigenvalue weighted by molar-refractivity contribution is 6.79. The summed E-state index contributed by atoms with van der Waals surface area (Å²) < 4.78 is 69.0. The summed E-state index contributed by atoms with van der Waals surface area (Å²) in [4.78, 5) is 0. The van der Waals surface area contributed by atoms with Gasteiger partial charge in [-0.1, -0.05) is 188 Å². The van der Waals surface area contributed by atoms with Crippen LogP contribution in [0.4, 0.5) is 0 Å². The van der Waals surface area contributed by atoms with E-state index in [1.165, 1.54) is 0 Å². The Hall–Kier alpha value is -5.12. The highest BCUT2D eigenvalue weighted by atomic mass is 28.4. The zero-order valence-electron chi connectivity index (χ0n) is 39.7. The third kappa shape index (κ3) is 12.8. The molecule has 0 amide bonds. The highest BCUT2D eigenvalue weighted by Crippen LogP contribution is 2.44. The Bertz CT molecular complexity index is 2450. The van der Waals surface area contributed by atoms with Gasteiger partial charge < -0.3 is 47.1 Å². The van der Waals surface area contributed by atoms with Gasteiger partial charge in [0.1, 0.15) is 54.9 Å². The van der Waals surface area contributed by atoms with Crippen molar-refractivity contribution in [2.24, 2.45) is 0 Å². The van der Waals surface area contributed by atoms with Crippen LogP contribution in [0.2, 0.25) is 13.1 Å². The third-order valence-corrected chi connectivity index (χ3v) is 15.7. The van der Waals surface area contributed by atoms with Gasteiger partial charge in [0, 0.05) is 7.11 Å². The van der Waals surface area contributed by atoms with Crippen LogP contribution >= 0.6 is 0 Å². The van der Waals surface area contributed by atoms with Crippen LogP contribution in [0.1, 0.15) is 33.4 Å². The van der Waals surface area contributed by atoms with Crippen LogP contribution in [0.25, 0.3) is 0 Å². The second kappa shape index (κ2) is 24.1. The molecule has 0 spiro atoms. The summed E-state index contributed by atoms with van der Waals surface area (Å²) in [5, 5.41) is 1.02. The molecule has 0 saturated carbocycles. The summed E-state index contributed by atoms with van der Waals surface area (Å²) in [6.07, 6.45) is -3.77. The number of ether oxygens (including phenoxy) is 9. The largest absolute Gasteiger partial charge is 0.404 e.